The number of aromatic nitrogens is 3. The van der Waals surface area contributed by atoms with Gasteiger partial charge >= 0.3 is 0 Å². The smallest absolute Gasteiger partial charge is 0.131 e. The predicted octanol–water partition coefficient (Wildman–Crippen LogP) is 4.70. The molecule has 1 aliphatic heterocycles. The number of nitrogens with one attached hydrogen (secondary N) is 1. The summed E-state index contributed by atoms with van der Waals surface area (Å²) in [7, 11) is 0. The number of aromatic amines is 1. The number of rotatable bonds is 3. The van der Waals surface area contributed by atoms with Gasteiger partial charge in [0.15, 0.2) is 0 Å². The summed E-state index contributed by atoms with van der Waals surface area (Å²) < 4.78 is 13.4. The lowest BCUT2D eigenvalue weighted by Gasteiger charge is -2.29. The molecule has 1 N–H and O–H groups in total. The lowest BCUT2D eigenvalue weighted by atomic mass is 9.88. The Labute approximate surface area is 158 Å². The highest BCUT2D eigenvalue weighted by Crippen LogP contribution is 2.31. The lowest BCUT2D eigenvalue weighted by molar-refractivity contribution is 0.243. The van der Waals surface area contributed by atoms with Crippen molar-refractivity contribution >= 4 is 10.9 Å². The van der Waals surface area contributed by atoms with E-state index in [2.05, 4.69) is 16.1 Å². The second-order valence-corrected chi connectivity index (χ2v) is 8.00. The van der Waals surface area contributed by atoms with Crippen LogP contribution in [0.15, 0.2) is 30.6 Å². The molecule has 5 heteroatoms. The van der Waals surface area contributed by atoms with Gasteiger partial charge in [-0.3, -0.25) is 4.90 Å². The van der Waals surface area contributed by atoms with Crippen molar-refractivity contribution in [1.82, 2.24) is 19.9 Å². The first-order valence-corrected chi connectivity index (χ1v) is 10.1. The van der Waals surface area contributed by atoms with Crippen molar-refractivity contribution < 1.29 is 4.39 Å². The van der Waals surface area contributed by atoms with Crippen LogP contribution in [0.2, 0.25) is 0 Å². The van der Waals surface area contributed by atoms with Crippen molar-refractivity contribution in [3.63, 3.8) is 0 Å². The molecule has 0 spiro atoms. The molecule has 1 saturated carbocycles. The molecule has 2 aliphatic rings. The molecule has 140 valence electrons. The first-order valence-electron chi connectivity index (χ1n) is 10.1. The molecule has 1 aromatic carbocycles. The van der Waals surface area contributed by atoms with Crippen molar-refractivity contribution in [2.45, 2.75) is 57.5 Å². The molecule has 0 amide bonds. The van der Waals surface area contributed by atoms with Crippen molar-refractivity contribution in [1.29, 1.82) is 0 Å². The maximum Gasteiger partial charge on any atom is 0.131 e. The predicted molar refractivity (Wildman–Crippen MR) is 104 cm³/mol. The molecule has 3 aromatic rings. The lowest BCUT2D eigenvalue weighted by Crippen LogP contribution is -2.31. The van der Waals surface area contributed by atoms with Gasteiger partial charge in [0.2, 0.25) is 0 Å². The maximum absolute atomic E-state index is 13.4. The van der Waals surface area contributed by atoms with Gasteiger partial charge in [-0.05, 0) is 36.6 Å². The van der Waals surface area contributed by atoms with Crippen LogP contribution in [0.1, 0.15) is 60.7 Å². The monoisotopic (exact) mass is 364 g/mol. The van der Waals surface area contributed by atoms with Gasteiger partial charge < -0.3 is 4.98 Å². The highest BCUT2D eigenvalue weighted by molar-refractivity contribution is 5.83. The number of hydrogen-bond donors (Lipinski definition) is 1. The van der Waals surface area contributed by atoms with E-state index in [-0.39, 0.29) is 5.82 Å². The topological polar surface area (TPSA) is 44.8 Å². The zero-order valence-corrected chi connectivity index (χ0v) is 15.5. The third-order valence-corrected chi connectivity index (χ3v) is 6.13. The molecule has 27 heavy (non-hydrogen) atoms. The van der Waals surface area contributed by atoms with Gasteiger partial charge in [0.05, 0.1) is 0 Å². The molecule has 4 nitrogen and oxygen atoms in total. The van der Waals surface area contributed by atoms with Gasteiger partial charge in [-0.1, -0.05) is 19.3 Å². The van der Waals surface area contributed by atoms with E-state index >= 15 is 0 Å². The summed E-state index contributed by atoms with van der Waals surface area (Å²) in [5, 5.41) is 1.10. The van der Waals surface area contributed by atoms with Gasteiger partial charge in [0.25, 0.3) is 0 Å². The van der Waals surface area contributed by atoms with Gasteiger partial charge in [-0.15, -0.1) is 0 Å². The molecule has 3 heterocycles. The summed E-state index contributed by atoms with van der Waals surface area (Å²) in [6, 6.07) is 4.96. The average molecular weight is 364 g/mol. The van der Waals surface area contributed by atoms with Crippen molar-refractivity contribution in [2.75, 3.05) is 6.54 Å². The van der Waals surface area contributed by atoms with E-state index in [1.165, 1.54) is 55.0 Å². The highest BCUT2D eigenvalue weighted by atomic mass is 19.1. The Morgan fingerprint density at radius 3 is 2.96 bits per heavy atom. The van der Waals surface area contributed by atoms with E-state index in [1.807, 2.05) is 12.3 Å². The summed E-state index contributed by atoms with van der Waals surface area (Å²) in [6.07, 6.45) is 11.5. The number of nitrogens with zero attached hydrogens (tertiary/aromatic N) is 3. The van der Waals surface area contributed by atoms with Gasteiger partial charge in [0.1, 0.15) is 11.6 Å². The average Bonchev–Trinajstić information content (AvgIpc) is 3.10. The number of fused-ring (bicyclic) bond motifs is 2. The second-order valence-electron chi connectivity index (χ2n) is 8.00. The fourth-order valence-electron chi connectivity index (χ4n) is 4.61. The van der Waals surface area contributed by atoms with Crippen LogP contribution in [0, 0.1) is 5.82 Å². The normalized spacial score (nSPS) is 18.7. The Morgan fingerprint density at radius 2 is 2.07 bits per heavy atom. The molecular formula is C22H25FN4. The summed E-state index contributed by atoms with van der Waals surface area (Å²) in [4.78, 5) is 15.3. The van der Waals surface area contributed by atoms with Crippen LogP contribution in [0.4, 0.5) is 4.39 Å². The van der Waals surface area contributed by atoms with E-state index in [1.54, 1.807) is 6.07 Å². The summed E-state index contributed by atoms with van der Waals surface area (Å²) >= 11 is 0. The third-order valence-electron chi connectivity index (χ3n) is 6.13. The van der Waals surface area contributed by atoms with Crippen LogP contribution >= 0.6 is 0 Å². The summed E-state index contributed by atoms with van der Waals surface area (Å²) in [5.41, 5.74) is 4.57. The Bertz CT molecular complexity index is 958. The second kappa shape index (κ2) is 7.04. The zero-order chi connectivity index (χ0) is 18.2. The molecule has 1 fully saturated rings. The minimum atomic E-state index is -0.200. The van der Waals surface area contributed by atoms with E-state index < -0.39 is 0 Å². The van der Waals surface area contributed by atoms with Crippen molar-refractivity contribution in [2.24, 2.45) is 0 Å². The number of H-pyrrole nitrogens is 1. The quantitative estimate of drug-likeness (QED) is 0.732. The van der Waals surface area contributed by atoms with E-state index in [9.17, 15) is 4.39 Å². The van der Waals surface area contributed by atoms with Gasteiger partial charge in [-0.2, -0.15) is 0 Å². The van der Waals surface area contributed by atoms with E-state index in [0.29, 0.717) is 5.92 Å². The number of halogens is 1. The molecule has 0 unspecified atom stereocenters. The van der Waals surface area contributed by atoms with Crippen LogP contribution < -0.4 is 0 Å². The summed E-state index contributed by atoms with van der Waals surface area (Å²) in [6.45, 7) is 2.74. The van der Waals surface area contributed by atoms with Crippen molar-refractivity contribution in [3.8, 4) is 0 Å². The molecule has 0 radical (unpaired) electrons. The maximum atomic E-state index is 13.4. The third kappa shape index (κ3) is 3.36. The standard InChI is InChI=1S/C22H25FN4/c23-18-6-7-19-16(11-24-21(19)10-18)13-27-9-8-20-17(14-27)12-25-22(26-20)15-4-2-1-3-5-15/h6-7,10-12,15,24H,1-5,8-9,13-14H2. The molecule has 1 aliphatic carbocycles. The van der Waals surface area contributed by atoms with Crippen LogP contribution in [0.5, 0.6) is 0 Å². The number of benzene rings is 1. The first kappa shape index (κ1) is 16.9. The van der Waals surface area contributed by atoms with Gasteiger partial charge in [-0.25, -0.2) is 14.4 Å². The number of hydrogen-bond acceptors (Lipinski definition) is 3. The minimum absolute atomic E-state index is 0.200. The Kier molecular flexibility index (Phi) is 4.40. The SMILES string of the molecule is Fc1ccc2c(CN3CCc4nc(C5CCCCC5)ncc4C3)c[nH]c2c1. The highest BCUT2D eigenvalue weighted by Gasteiger charge is 2.23. The van der Waals surface area contributed by atoms with Crippen LogP contribution in [0.3, 0.4) is 0 Å². The molecule has 0 atom stereocenters. The zero-order valence-electron chi connectivity index (χ0n) is 15.5. The van der Waals surface area contributed by atoms with Gasteiger partial charge in [0, 0.05) is 66.5 Å². The fraction of sp³-hybridized carbons (Fsp3) is 0.455. The van der Waals surface area contributed by atoms with E-state index in [4.69, 9.17) is 9.97 Å². The van der Waals surface area contributed by atoms with Crippen LogP contribution in [0.25, 0.3) is 10.9 Å². The molecule has 2 aromatic heterocycles. The minimum Gasteiger partial charge on any atom is -0.361 e. The Morgan fingerprint density at radius 1 is 1.19 bits per heavy atom. The largest absolute Gasteiger partial charge is 0.361 e. The molecule has 0 saturated heterocycles. The summed E-state index contributed by atoms with van der Waals surface area (Å²) in [5.74, 6) is 1.43. The van der Waals surface area contributed by atoms with Crippen LogP contribution in [-0.2, 0) is 19.5 Å². The van der Waals surface area contributed by atoms with E-state index in [0.717, 1.165) is 42.8 Å². The Hall–Kier alpha value is -2.27. The fourth-order valence-corrected chi connectivity index (χ4v) is 4.61. The first-order chi connectivity index (χ1) is 13.3. The molecule has 5 rings (SSSR count). The molecular weight excluding hydrogens is 339 g/mol. The Balaban J connectivity index is 1.32. The molecule has 0 bridgehead atoms. The van der Waals surface area contributed by atoms with Crippen LogP contribution in [-0.4, -0.2) is 26.4 Å². The van der Waals surface area contributed by atoms with Crippen molar-refractivity contribution in [3.05, 3.63) is 59.1 Å².